The second-order valence-electron chi connectivity index (χ2n) is 8.73. The molecule has 188 valence electrons. The zero-order valence-electron chi connectivity index (χ0n) is 20.2. The molecule has 2 aromatic carbocycles. The standard InChI is InChI=1S/C25H28F3N3O4/c1-16-21(31(30-22(16)25(26,27)28)18-8-12-19(33-5)13-9-18)17-6-10-20(11-7-17)34-15-14-29-23(32)35-24(2,3)4/h6-13H,14-15H2,1-5H3,(H,29,32). The molecule has 0 fully saturated rings. The van der Waals surface area contributed by atoms with E-state index in [9.17, 15) is 18.0 Å². The highest BCUT2D eigenvalue weighted by molar-refractivity contribution is 5.68. The van der Waals surface area contributed by atoms with E-state index in [1.807, 2.05) is 0 Å². The molecule has 3 aromatic rings. The molecule has 0 unspecified atom stereocenters. The summed E-state index contributed by atoms with van der Waals surface area (Å²) in [6, 6.07) is 13.2. The number of amides is 1. The highest BCUT2D eigenvalue weighted by Gasteiger charge is 2.38. The fourth-order valence-electron chi connectivity index (χ4n) is 3.36. The van der Waals surface area contributed by atoms with Gasteiger partial charge in [-0.1, -0.05) is 0 Å². The van der Waals surface area contributed by atoms with Gasteiger partial charge in [0.15, 0.2) is 5.69 Å². The van der Waals surface area contributed by atoms with Gasteiger partial charge in [0.2, 0.25) is 0 Å². The molecule has 1 aromatic heterocycles. The van der Waals surface area contributed by atoms with E-state index in [0.29, 0.717) is 28.4 Å². The Morgan fingerprint density at radius 2 is 1.60 bits per heavy atom. The number of carbonyl (C=O) groups is 1. The van der Waals surface area contributed by atoms with Crippen molar-refractivity contribution in [2.45, 2.75) is 39.5 Å². The predicted molar refractivity (Wildman–Crippen MR) is 125 cm³/mol. The van der Waals surface area contributed by atoms with Crippen molar-refractivity contribution in [3.8, 4) is 28.4 Å². The van der Waals surface area contributed by atoms with Crippen molar-refractivity contribution in [2.24, 2.45) is 0 Å². The van der Waals surface area contributed by atoms with E-state index in [1.165, 1.54) is 18.7 Å². The van der Waals surface area contributed by atoms with Gasteiger partial charge >= 0.3 is 12.3 Å². The van der Waals surface area contributed by atoms with E-state index >= 15 is 0 Å². The number of nitrogens with zero attached hydrogens (tertiary/aromatic N) is 2. The van der Waals surface area contributed by atoms with E-state index in [2.05, 4.69) is 10.4 Å². The molecule has 7 nitrogen and oxygen atoms in total. The molecular formula is C25H28F3N3O4. The lowest BCUT2D eigenvalue weighted by atomic mass is 10.1. The van der Waals surface area contributed by atoms with Gasteiger partial charge in [-0.25, -0.2) is 9.48 Å². The van der Waals surface area contributed by atoms with E-state index < -0.39 is 23.6 Å². The normalized spacial score (nSPS) is 11.8. The summed E-state index contributed by atoms with van der Waals surface area (Å²) >= 11 is 0. The zero-order chi connectivity index (χ0) is 25.8. The molecule has 0 aliphatic heterocycles. The van der Waals surface area contributed by atoms with Gasteiger partial charge in [0.05, 0.1) is 25.0 Å². The molecule has 3 rings (SSSR count). The maximum atomic E-state index is 13.6. The number of alkyl carbamates (subject to hydrolysis) is 1. The lowest BCUT2D eigenvalue weighted by Crippen LogP contribution is -2.34. The molecule has 0 aliphatic rings. The maximum Gasteiger partial charge on any atom is 0.435 e. The first-order valence-corrected chi connectivity index (χ1v) is 10.9. The van der Waals surface area contributed by atoms with Crippen LogP contribution in [0.2, 0.25) is 0 Å². The second kappa shape index (κ2) is 10.3. The minimum Gasteiger partial charge on any atom is -0.497 e. The van der Waals surface area contributed by atoms with Crippen molar-refractivity contribution < 1.29 is 32.2 Å². The van der Waals surface area contributed by atoms with Crippen LogP contribution in [0.25, 0.3) is 16.9 Å². The minimum atomic E-state index is -4.60. The summed E-state index contributed by atoms with van der Waals surface area (Å²) in [5.41, 5.74) is -0.196. The molecule has 1 amide bonds. The number of aromatic nitrogens is 2. The first kappa shape index (κ1) is 25.9. The van der Waals surface area contributed by atoms with Gasteiger partial charge in [-0.3, -0.25) is 0 Å². The van der Waals surface area contributed by atoms with E-state index in [-0.39, 0.29) is 18.7 Å². The van der Waals surface area contributed by atoms with Crippen LogP contribution in [0.1, 0.15) is 32.0 Å². The van der Waals surface area contributed by atoms with Crippen molar-refractivity contribution in [3.05, 3.63) is 59.8 Å². The molecule has 0 atom stereocenters. The van der Waals surface area contributed by atoms with Crippen LogP contribution >= 0.6 is 0 Å². The minimum absolute atomic E-state index is 0.0172. The molecule has 0 saturated heterocycles. The number of rotatable bonds is 7. The molecule has 0 spiro atoms. The molecule has 0 aliphatic carbocycles. The summed E-state index contributed by atoms with van der Waals surface area (Å²) in [4.78, 5) is 11.7. The first-order valence-electron chi connectivity index (χ1n) is 10.9. The molecule has 0 saturated carbocycles. The monoisotopic (exact) mass is 491 g/mol. The number of hydrogen-bond acceptors (Lipinski definition) is 5. The fourth-order valence-corrected chi connectivity index (χ4v) is 3.36. The Hall–Kier alpha value is -3.69. The summed E-state index contributed by atoms with van der Waals surface area (Å²) in [5, 5.41) is 6.47. The largest absolute Gasteiger partial charge is 0.497 e. The third-order valence-corrected chi connectivity index (χ3v) is 4.87. The molecule has 1 N–H and O–H groups in total. The Labute approximate surface area is 201 Å². The number of methoxy groups -OCH3 is 1. The molecule has 0 radical (unpaired) electrons. The van der Waals surface area contributed by atoms with Gasteiger partial charge in [0.1, 0.15) is 23.7 Å². The van der Waals surface area contributed by atoms with Gasteiger partial charge in [0, 0.05) is 11.1 Å². The molecule has 0 bridgehead atoms. The average Bonchev–Trinajstić information content (AvgIpc) is 3.13. The van der Waals surface area contributed by atoms with Crippen LogP contribution < -0.4 is 14.8 Å². The van der Waals surface area contributed by atoms with Gasteiger partial charge < -0.3 is 19.5 Å². The van der Waals surface area contributed by atoms with E-state index in [1.54, 1.807) is 69.3 Å². The van der Waals surface area contributed by atoms with Crippen LogP contribution in [0.3, 0.4) is 0 Å². The Kier molecular flexibility index (Phi) is 7.62. The highest BCUT2D eigenvalue weighted by Crippen LogP contribution is 2.37. The van der Waals surface area contributed by atoms with Crippen LogP contribution in [0.4, 0.5) is 18.0 Å². The van der Waals surface area contributed by atoms with E-state index in [0.717, 1.165) is 0 Å². The number of alkyl halides is 3. The van der Waals surface area contributed by atoms with Crippen molar-refractivity contribution in [3.63, 3.8) is 0 Å². The molecule has 35 heavy (non-hydrogen) atoms. The van der Waals surface area contributed by atoms with Crippen LogP contribution in [-0.4, -0.2) is 41.7 Å². The number of carbonyl (C=O) groups excluding carboxylic acids is 1. The molecule has 1 heterocycles. The van der Waals surface area contributed by atoms with Gasteiger partial charge in [-0.2, -0.15) is 18.3 Å². The zero-order valence-corrected chi connectivity index (χ0v) is 20.2. The van der Waals surface area contributed by atoms with Crippen LogP contribution in [0.15, 0.2) is 48.5 Å². The summed E-state index contributed by atoms with van der Waals surface area (Å²) in [6.45, 7) is 7.13. The van der Waals surface area contributed by atoms with Gasteiger partial charge in [0.25, 0.3) is 0 Å². The summed E-state index contributed by atoms with van der Waals surface area (Å²) in [5.74, 6) is 1.09. The summed E-state index contributed by atoms with van der Waals surface area (Å²) < 4.78 is 58.1. The van der Waals surface area contributed by atoms with Crippen molar-refractivity contribution >= 4 is 6.09 Å². The van der Waals surface area contributed by atoms with Crippen molar-refractivity contribution in [2.75, 3.05) is 20.3 Å². The smallest absolute Gasteiger partial charge is 0.435 e. The van der Waals surface area contributed by atoms with Crippen LogP contribution in [0, 0.1) is 6.92 Å². The number of halogens is 3. The average molecular weight is 492 g/mol. The number of ether oxygens (including phenoxy) is 3. The topological polar surface area (TPSA) is 74.6 Å². The lowest BCUT2D eigenvalue weighted by molar-refractivity contribution is -0.141. The molecule has 10 heteroatoms. The highest BCUT2D eigenvalue weighted by atomic mass is 19.4. The third kappa shape index (κ3) is 6.68. The summed E-state index contributed by atoms with van der Waals surface area (Å²) in [7, 11) is 1.51. The SMILES string of the molecule is COc1ccc(-n2nc(C(F)(F)F)c(C)c2-c2ccc(OCCNC(=O)OC(C)(C)C)cc2)cc1. The maximum absolute atomic E-state index is 13.6. The van der Waals surface area contributed by atoms with Gasteiger partial charge in [-0.05, 0) is 76.2 Å². The third-order valence-electron chi connectivity index (χ3n) is 4.87. The Bertz CT molecular complexity index is 1150. The van der Waals surface area contributed by atoms with Crippen molar-refractivity contribution in [1.29, 1.82) is 0 Å². The Morgan fingerprint density at radius 3 is 2.14 bits per heavy atom. The number of nitrogens with one attached hydrogen (secondary N) is 1. The van der Waals surface area contributed by atoms with Crippen molar-refractivity contribution in [1.82, 2.24) is 15.1 Å². The Morgan fingerprint density at radius 1 is 1.00 bits per heavy atom. The Balaban J connectivity index is 1.79. The lowest BCUT2D eigenvalue weighted by Gasteiger charge is -2.19. The van der Waals surface area contributed by atoms with Crippen LogP contribution in [-0.2, 0) is 10.9 Å². The summed E-state index contributed by atoms with van der Waals surface area (Å²) in [6.07, 6.45) is -5.14. The molecular weight excluding hydrogens is 463 g/mol. The first-order chi connectivity index (χ1) is 16.4. The van der Waals surface area contributed by atoms with Gasteiger partial charge in [-0.15, -0.1) is 0 Å². The predicted octanol–water partition coefficient (Wildman–Crippen LogP) is 5.78. The van der Waals surface area contributed by atoms with E-state index in [4.69, 9.17) is 14.2 Å². The number of benzene rings is 2. The fraction of sp³-hybridized carbons (Fsp3) is 0.360. The number of hydrogen-bond donors (Lipinski definition) is 1. The second-order valence-corrected chi connectivity index (χ2v) is 8.73. The van der Waals surface area contributed by atoms with Crippen LogP contribution in [0.5, 0.6) is 11.5 Å². The quantitative estimate of drug-likeness (QED) is 0.424.